The monoisotopic (exact) mass is 180 g/mol. The Morgan fingerprint density at radius 3 is 3.08 bits per heavy atom. The molecule has 4 heteroatoms. The number of methoxy groups -OCH3 is 1. The first-order valence-electron chi connectivity index (χ1n) is 3.94. The van der Waals surface area contributed by atoms with E-state index >= 15 is 0 Å². The molecule has 0 aliphatic heterocycles. The molecule has 70 valence electrons. The average molecular weight is 180 g/mol. The quantitative estimate of drug-likeness (QED) is 0.687. The van der Waals surface area contributed by atoms with E-state index in [2.05, 4.69) is 4.98 Å². The fourth-order valence-electron chi connectivity index (χ4n) is 1.01. The number of rotatable bonds is 4. The number of hydrogen-bond donors (Lipinski definition) is 1. The van der Waals surface area contributed by atoms with Crippen LogP contribution in [0.3, 0.4) is 0 Å². The lowest BCUT2D eigenvalue weighted by Gasteiger charge is -2.09. The van der Waals surface area contributed by atoms with Crippen LogP contribution in [-0.4, -0.2) is 25.0 Å². The van der Waals surface area contributed by atoms with E-state index in [1.807, 2.05) is 0 Å². The second kappa shape index (κ2) is 4.69. The lowest BCUT2D eigenvalue weighted by atomic mass is 10.2. The molecular weight excluding hydrogens is 168 g/mol. The minimum Gasteiger partial charge on any atom is -0.383 e. The first-order chi connectivity index (χ1) is 6.27. The third-order valence-corrected chi connectivity index (χ3v) is 1.64. The smallest absolute Gasteiger partial charge is 0.168 e. The fraction of sp³-hybridized carbons (Fsp3) is 0.333. The molecule has 0 aliphatic carbocycles. The molecule has 1 heterocycles. The number of ether oxygens (including phenoxy) is 1. The molecule has 0 bridgehead atoms. The van der Waals surface area contributed by atoms with E-state index in [0.29, 0.717) is 24.3 Å². The molecule has 0 saturated heterocycles. The molecule has 0 saturated carbocycles. The molecule has 1 aromatic heterocycles. The van der Waals surface area contributed by atoms with Crippen LogP contribution in [0, 0.1) is 0 Å². The third kappa shape index (κ3) is 2.61. The van der Waals surface area contributed by atoms with Gasteiger partial charge >= 0.3 is 0 Å². The highest BCUT2D eigenvalue weighted by molar-refractivity contribution is 5.71. The zero-order valence-electron chi connectivity index (χ0n) is 7.43. The number of nitrogens with two attached hydrogens (primary N) is 1. The van der Waals surface area contributed by atoms with Gasteiger partial charge in [-0.25, -0.2) is 4.98 Å². The number of carbonyl (C=O) groups excluding carboxylic acids is 1. The van der Waals surface area contributed by atoms with E-state index in [0.717, 1.165) is 0 Å². The summed E-state index contributed by atoms with van der Waals surface area (Å²) in [7, 11) is 1.57. The molecule has 1 rings (SSSR count). The molecule has 13 heavy (non-hydrogen) atoms. The van der Waals surface area contributed by atoms with Gasteiger partial charge in [-0.05, 0) is 12.1 Å². The molecule has 4 nitrogen and oxygen atoms in total. The van der Waals surface area contributed by atoms with Crippen molar-refractivity contribution in [3.63, 3.8) is 0 Å². The van der Waals surface area contributed by atoms with E-state index in [9.17, 15) is 4.79 Å². The summed E-state index contributed by atoms with van der Waals surface area (Å²) in [5.41, 5.74) is 6.79. The van der Waals surface area contributed by atoms with Crippen molar-refractivity contribution in [3.8, 4) is 0 Å². The predicted octanol–water partition coefficient (Wildman–Crippen LogP) is 0.540. The largest absolute Gasteiger partial charge is 0.383 e. The fourth-order valence-corrected chi connectivity index (χ4v) is 1.01. The summed E-state index contributed by atoms with van der Waals surface area (Å²) in [6.45, 7) is 0.398. The number of hydrogen-bond acceptors (Lipinski definition) is 4. The Morgan fingerprint density at radius 2 is 2.46 bits per heavy atom. The van der Waals surface area contributed by atoms with Crippen LogP contribution in [0.4, 0.5) is 0 Å². The lowest BCUT2D eigenvalue weighted by molar-refractivity contribution is 0.111. The van der Waals surface area contributed by atoms with Gasteiger partial charge in [-0.3, -0.25) is 4.79 Å². The van der Waals surface area contributed by atoms with Gasteiger partial charge < -0.3 is 10.5 Å². The van der Waals surface area contributed by atoms with Crippen molar-refractivity contribution in [3.05, 3.63) is 29.6 Å². The van der Waals surface area contributed by atoms with E-state index in [1.54, 1.807) is 25.3 Å². The van der Waals surface area contributed by atoms with Crippen molar-refractivity contribution in [2.45, 2.75) is 6.04 Å². The Bertz CT molecular complexity index is 289. The zero-order valence-corrected chi connectivity index (χ0v) is 7.43. The van der Waals surface area contributed by atoms with Gasteiger partial charge in [-0.2, -0.15) is 0 Å². The van der Waals surface area contributed by atoms with Crippen molar-refractivity contribution < 1.29 is 9.53 Å². The topological polar surface area (TPSA) is 65.2 Å². The second-order valence-electron chi connectivity index (χ2n) is 2.67. The molecule has 2 N–H and O–H groups in total. The van der Waals surface area contributed by atoms with Gasteiger partial charge in [0.15, 0.2) is 6.29 Å². The predicted molar refractivity (Wildman–Crippen MR) is 48.4 cm³/mol. The van der Waals surface area contributed by atoms with Gasteiger partial charge in [0.05, 0.1) is 18.3 Å². The lowest BCUT2D eigenvalue weighted by Crippen LogP contribution is -2.17. The van der Waals surface area contributed by atoms with Crippen LogP contribution in [0.25, 0.3) is 0 Å². The highest BCUT2D eigenvalue weighted by Gasteiger charge is 2.06. The summed E-state index contributed by atoms with van der Waals surface area (Å²) in [4.78, 5) is 14.4. The number of aromatic nitrogens is 1. The molecule has 1 atom stereocenters. The van der Waals surface area contributed by atoms with Crippen LogP contribution in [0.15, 0.2) is 18.2 Å². The maximum Gasteiger partial charge on any atom is 0.168 e. The summed E-state index contributed by atoms with van der Waals surface area (Å²) < 4.78 is 4.88. The normalized spacial score (nSPS) is 12.5. The van der Waals surface area contributed by atoms with Crippen molar-refractivity contribution in [1.29, 1.82) is 0 Å². The minimum absolute atomic E-state index is 0.273. The molecule has 0 radical (unpaired) electrons. The van der Waals surface area contributed by atoms with Gasteiger partial charge in [0.1, 0.15) is 5.69 Å². The van der Waals surface area contributed by atoms with E-state index < -0.39 is 0 Å². The number of carbonyl (C=O) groups is 1. The Hall–Kier alpha value is -1.26. The van der Waals surface area contributed by atoms with Gasteiger partial charge in [-0.1, -0.05) is 6.07 Å². The highest BCUT2D eigenvalue weighted by Crippen LogP contribution is 2.07. The molecule has 0 spiro atoms. The van der Waals surface area contributed by atoms with Crippen molar-refractivity contribution in [1.82, 2.24) is 4.98 Å². The first kappa shape index (κ1) is 9.83. The molecule has 0 aromatic carbocycles. The standard InChI is InChI=1S/C9H12N2O2/c1-13-6-8(10)9-4-2-3-7(5-12)11-9/h2-5,8H,6,10H2,1H3/t8-/m1/s1. The maximum atomic E-state index is 10.4. The molecule has 0 amide bonds. The van der Waals surface area contributed by atoms with Gasteiger partial charge in [0.25, 0.3) is 0 Å². The number of nitrogens with zero attached hydrogens (tertiary/aromatic N) is 1. The van der Waals surface area contributed by atoms with Crippen molar-refractivity contribution in [2.75, 3.05) is 13.7 Å². The van der Waals surface area contributed by atoms with Crippen molar-refractivity contribution >= 4 is 6.29 Å². The Kier molecular flexibility index (Phi) is 3.54. The maximum absolute atomic E-state index is 10.4. The minimum atomic E-state index is -0.273. The summed E-state index contributed by atoms with van der Waals surface area (Å²) in [5.74, 6) is 0. The Morgan fingerprint density at radius 1 is 1.69 bits per heavy atom. The third-order valence-electron chi connectivity index (χ3n) is 1.64. The zero-order chi connectivity index (χ0) is 9.68. The average Bonchev–Trinajstić information content (AvgIpc) is 2.18. The van der Waals surface area contributed by atoms with E-state index in [-0.39, 0.29) is 6.04 Å². The summed E-state index contributed by atoms with van der Waals surface area (Å²) >= 11 is 0. The van der Waals surface area contributed by atoms with Gasteiger partial charge in [-0.15, -0.1) is 0 Å². The molecule has 1 aromatic rings. The first-order valence-corrected chi connectivity index (χ1v) is 3.94. The van der Waals surface area contributed by atoms with Gasteiger partial charge in [0, 0.05) is 7.11 Å². The summed E-state index contributed by atoms with van der Waals surface area (Å²) in [5, 5.41) is 0. The second-order valence-corrected chi connectivity index (χ2v) is 2.67. The van der Waals surface area contributed by atoms with Crippen LogP contribution in [0.5, 0.6) is 0 Å². The van der Waals surface area contributed by atoms with Gasteiger partial charge in [0.2, 0.25) is 0 Å². The highest BCUT2D eigenvalue weighted by atomic mass is 16.5. The molecule has 0 aliphatic rings. The molecule has 0 fully saturated rings. The Balaban J connectivity index is 2.81. The van der Waals surface area contributed by atoms with E-state index in [4.69, 9.17) is 10.5 Å². The molecule has 0 unspecified atom stereocenters. The van der Waals surface area contributed by atoms with Crippen LogP contribution in [0.2, 0.25) is 0 Å². The SMILES string of the molecule is COC[C@@H](N)c1cccc(C=O)n1. The van der Waals surface area contributed by atoms with Crippen LogP contribution < -0.4 is 5.73 Å². The van der Waals surface area contributed by atoms with Crippen molar-refractivity contribution in [2.24, 2.45) is 5.73 Å². The van der Waals surface area contributed by atoms with Crippen LogP contribution in [-0.2, 0) is 4.74 Å². The Labute approximate surface area is 76.7 Å². The van der Waals surface area contributed by atoms with Crippen LogP contribution in [0.1, 0.15) is 22.2 Å². The summed E-state index contributed by atoms with van der Waals surface area (Å²) in [6.07, 6.45) is 0.697. The van der Waals surface area contributed by atoms with E-state index in [1.165, 1.54) is 0 Å². The molecular formula is C9H12N2O2. The number of aldehydes is 1. The van der Waals surface area contributed by atoms with Crippen LogP contribution >= 0.6 is 0 Å². The number of pyridine rings is 1. The summed E-state index contributed by atoms with van der Waals surface area (Å²) in [6, 6.07) is 4.89.